The molecule has 0 bridgehead atoms. The maximum Gasteiger partial charge on any atom is 0.166 e. The lowest BCUT2D eigenvalue weighted by molar-refractivity contribution is 0.0957. The highest BCUT2D eigenvalue weighted by molar-refractivity contribution is 5.96. The first-order valence-corrected chi connectivity index (χ1v) is 5.16. The van der Waals surface area contributed by atoms with Crippen molar-refractivity contribution < 1.29 is 9.18 Å². The van der Waals surface area contributed by atoms with Gasteiger partial charge in [-0.25, -0.2) is 4.39 Å². The van der Waals surface area contributed by atoms with Crippen LogP contribution in [0, 0.1) is 11.7 Å². The molecule has 0 spiro atoms. The van der Waals surface area contributed by atoms with E-state index in [0.29, 0.717) is 13.0 Å². The van der Waals surface area contributed by atoms with Gasteiger partial charge in [0, 0.05) is 6.42 Å². The quantitative estimate of drug-likeness (QED) is 0.756. The first-order chi connectivity index (χ1) is 7.19. The van der Waals surface area contributed by atoms with Crippen molar-refractivity contribution >= 4 is 5.78 Å². The zero-order valence-electron chi connectivity index (χ0n) is 8.87. The van der Waals surface area contributed by atoms with E-state index >= 15 is 0 Å². The van der Waals surface area contributed by atoms with Gasteiger partial charge in [0.2, 0.25) is 0 Å². The van der Waals surface area contributed by atoms with E-state index in [1.165, 1.54) is 12.1 Å². The van der Waals surface area contributed by atoms with Gasteiger partial charge in [-0.15, -0.1) is 0 Å². The topological polar surface area (TPSA) is 43.1 Å². The summed E-state index contributed by atoms with van der Waals surface area (Å²) in [7, 11) is 0. The smallest absolute Gasteiger partial charge is 0.166 e. The lowest BCUT2D eigenvalue weighted by Gasteiger charge is -2.10. The molecule has 0 saturated carbocycles. The van der Waals surface area contributed by atoms with Crippen LogP contribution in [-0.2, 0) is 0 Å². The molecule has 0 aliphatic carbocycles. The van der Waals surface area contributed by atoms with Crippen molar-refractivity contribution in [1.82, 2.24) is 0 Å². The highest BCUT2D eigenvalue weighted by Gasteiger charge is 2.15. The van der Waals surface area contributed by atoms with Crippen LogP contribution < -0.4 is 5.73 Å². The molecule has 1 aromatic carbocycles. The molecule has 0 aliphatic rings. The van der Waals surface area contributed by atoms with E-state index in [4.69, 9.17) is 5.73 Å². The lowest BCUT2D eigenvalue weighted by atomic mass is 9.96. The Labute approximate surface area is 89.3 Å². The van der Waals surface area contributed by atoms with Gasteiger partial charge in [0.25, 0.3) is 0 Å². The van der Waals surface area contributed by atoms with Crippen molar-refractivity contribution in [1.29, 1.82) is 0 Å². The third-order valence-corrected chi connectivity index (χ3v) is 2.56. The largest absolute Gasteiger partial charge is 0.330 e. The molecule has 0 radical (unpaired) electrons. The summed E-state index contributed by atoms with van der Waals surface area (Å²) >= 11 is 0. The summed E-state index contributed by atoms with van der Waals surface area (Å²) in [5, 5.41) is 0. The van der Waals surface area contributed by atoms with Gasteiger partial charge in [-0.2, -0.15) is 0 Å². The molecular formula is C12H16FNO. The summed E-state index contributed by atoms with van der Waals surface area (Å²) in [5.41, 5.74) is 5.67. The van der Waals surface area contributed by atoms with Crippen molar-refractivity contribution in [3.8, 4) is 0 Å². The molecule has 0 aliphatic heterocycles. The summed E-state index contributed by atoms with van der Waals surface area (Å²) < 4.78 is 13.2. The maximum absolute atomic E-state index is 13.2. The number of rotatable bonds is 5. The second-order valence-electron chi connectivity index (χ2n) is 3.62. The average Bonchev–Trinajstić information content (AvgIpc) is 2.26. The van der Waals surface area contributed by atoms with E-state index in [1.54, 1.807) is 12.1 Å². The fourth-order valence-electron chi connectivity index (χ4n) is 1.45. The molecule has 0 aromatic heterocycles. The third-order valence-electron chi connectivity index (χ3n) is 2.56. The van der Waals surface area contributed by atoms with Crippen LogP contribution in [0.1, 0.15) is 30.1 Å². The van der Waals surface area contributed by atoms with Crippen molar-refractivity contribution in [2.45, 2.75) is 19.8 Å². The lowest BCUT2D eigenvalue weighted by Crippen LogP contribution is -2.18. The minimum atomic E-state index is -0.450. The molecule has 3 heteroatoms. The van der Waals surface area contributed by atoms with E-state index in [1.807, 2.05) is 6.92 Å². The fourth-order valence-corrected chi connectivity index (χ4v) is 1.45. The second-order valence-corrected chi connectivity index (χ2v) is 3.62. The number of hydrogen-bond acceptors (Lipinski definition) is 2. The summed E-state index contributed by atoms with van der Waals surface area (Å²) in [4.78, 5) is 11.7. The minimum absolute atomic E-state index is 0.150. The van der Waals surface area contributed by atoms with Crippen molar-refractivity contribution in [2.75, 3.05) is 6.54 Å². The molecule has 1 rings (SSSR count). The number of Topliss-reactive ketones (excluding diaryl/α,β-unsaturated/α-hetero) is 1. The molecule has 1 unspecified atom stereocenters. The molecule has 2 nitrogen and oxygen atoms in total. The molecule has 0 amide bonds. The van der Waals surface area contributed by atoms with E-state index in [0.717, 1.165) is 6.42 Å². The monoisotopic (exact) mass is 209 g/mol. The highest BCUT2D eigenvalue weighted by Crippen LogP contribution is 2.14. The molecule has 1 atom stereocenters. The Bertz CT molecular complexity index is 334. The summed E-state index contributed by atoms with van der Waals surface area (Å²) in [6.07, 6.45) is 1.17. The molecule has 0 saturated heterocycles. The van der Waals surface area contributed by atoms with Gasteiger partial charge in [0.1, 0.15) is 5.82 Å². The molecule has 2 N–H and O–H groups in total. The number of benzene rings is 1. The maximum atomic E-state index is 13.2. The van der Waals surface area contributed by atoms with Gasteiger partial charge in [-0.05, 0) is 24.6 Å². The number of nitrogens with two attached hydrogens (primary N) is 1. The number of carbonyl (C=O) groups excluding carboxylic acids is 1. The SMILES string of the molecule is CCC(CN)CC(=O)c1ccccc1F. The van der Waals surface area contributed by atoms with Gasteiger partial charge in [0.05, 0.1) is 5.56 Å². The molecular weight excluding hydrogens is 193 g/mol. The van der Waals surface area contributed by atoms with E-state index < -0.39 is 5.82 Å². The number of halogens is 1. The first kappa shape index (κ1) is 11.9. The van der Waals surface area contributed by atoms with Crippen LogP contribution in [0.3, 0.4) is 0 Å². The number of hydrogen-bond donors (Lipinski definition) is 1. The molecule has 1 aromatic rings. The summed E-state index contributed by atoms with van der Waals surface area (Å²) in [6.45, 7) is 2.45. The van der Waals surface area contributed by atoms with E-state index in [2.05, 4.69) is 0 Å². The standard InChI is InChI=1S/C12H16FNO/c1-2-9(8-14)7-12(15)10-5-3-4-6-11(10)13/h3-6,9H,2,7-8,14H2,1H3. The predicted molar refractivity (Wildman–Crippen MR) is 58.2 cm³/mol. The van der Waals surface area contributed by atoms with Crippen LogP contribution in [-0.4, -0.2) is 12.3 Å². The van der Waals surface area contributed by atoms with Crippen LogP contribution in [0.4, 0.5) is 4.39 Å². The van der Waals surface area contributed by atoms with Crippen LogP contribution in [0.2, 0.25) is 0 Å². The zero-order chi connectivity index (χ0) is 11.3. The van der Waals surface area contributed by atoms with Crippen molar-refractivity contribution in [2.24, 2.45) is 11.7 Å². The van der Waals surface area contributed by atoms with Crippen LogP contribution >= 0.6 is 0 Å². The zero-order valence-corrected chi connectivity index (χ0v) is 8.87. The summed E-state index contributed by atoms with van der Waals surface area (Å²) in [5.74, 6) is -0.461. The van der Waals surface area contributed by atoms with Crippen molar-refractivity contribution in [3.63, 3.8) is 0 Å². The number of carbonyl (C=O) groups is 1. The van der Waals surface area contributed by atoms with Gasteiger partial charge >= 0.3 is 0 Å². The van der Waals surface area contributed by atoms with Crippen LogP contribution in [0.25, 0.3) is 0 Å². The van der Waals surface area contributed by atoms with E-state index in [9.17, 15) is 9.18 Å². The Kier molecular flexibility index (Phi) is 4.43. The molecule has 15 heavy (non-hydrogen) atoms. The number of ketones is 1. The Balaban J connectivity index is 2.73. The fraction of sp³-hybridized carbons (Fsp3) is 0.417. The molecule has 0 fully saturated rings. The Morgan fingerprint density at radius 3 is 2.67 bits per heavy atom. The normalized spacial score (nSPS) is 12.5. The minimum Gasteiger partial charge on any atom is -0.330 e. The molecule has 82 valence electrons. The van der Waals surface area contributed by atoms with Gasteiger partial charge in [-0.1, -0.05) is 25.5 Å². The van der Waals surface area contributed by atoms with Gasteiger partial charge in [0.15, 0.2) is 5.78 Å². The highest BCUT2D eigenvalue weighted by atomic mass is 19.1. The predicted octanol–water partition coefficient (Wildman–Crippen LogP) is 2.38. The van der Waals surface area contributed by atoms with Crippen molar-refractivity contribution in [3.05, 3.63) is 35.6 Å². The van der Waals surface area contributed by atoms with Crippen LogP contribution in [0.5, 0.6) is 0 Å². The van der Waals surface area contributed by atoms with Gasteiger partial charge in [-0.3, -0.25) is 4.79 Å². The average molecular weight is 209 g/mol. The summed E-state index contributed by atoms with van der Waals surface area (Å²) in [6, 6.07) is 6.06. The second kappa shape index (κ2) is 5.61. The first-order valence-electron chi connectivity index (χ1n) is 5.16. The van der Waals surface area contributed by atoms with Gasteiger partial charge < -0.3 is 5.73 Å². The third kappa shape index (κ3) is 3.13. The van der Waals surface area contributed by atoms with E-state index in [-0.39, 0.29) is 17.3 Å². The Hall–Kier alpha value is -1.22. The molecule has 0 heterocycles. The Morgan fingerprint density at radius 1 is 1.47 bits per heavy atom. The van der Waals surface area contributed by atoms with Crippen LogP contribution in [0.15, 0.2) is 24.3 Å². The Morgan fingerprint density at radius 2 is 2.13 bits per heavy atom.